The molecule has 0 aliphatic carbocycles. The van der Waals surface area contributed by atoms with E-state index in [1.807, 2.05) is 114 Å². The molecule has 1 N–H and O–H groups in total. The van der Waals surface area contributed by atoms with Gasteiger partial charge in [-0.05, 0) is 48.5 Å². The van der Waals surface area contributed by atoms with E-state index in [1.54, 1.807) is 0 Å². The van der Waals surface area contributed by atoms with Gasteiger partial charge in [-0.15, -0.1) is 0 Å². The van der Waals surface area contributed by atoms with Crippen molar-refractivity contribution in [1.29, 1.82) is 0 Å². The molecule has 9 heteroatoms. The van der Waals surface area contributed by atoms with E-state index in [0.717, 1.165) is 66.4 Å². The van der Waals surface area contributed by atoms with E-state index in [-0.39, 0.29) is 11.8 Å². The van der Waals surface area contributed by atoms with Crippen LogP contribution < -0.4 is 5.32 Å². The van der Waals surface area contributed by atoms with Gasteiger partial charge in [-0.3, -0.25) is 14.5 Å². The smallest absolute Gasteiger partial charge is 0.254 e. The Morgan fingerprint density at radius 3 is 1.74 bits per heavy atom. The molecule has 1 saturated heterocycles. The number of halogens is 2. The number of nitrogens with one attached hydrogen (secondary N) is 1. The van der Waals surface area contributed by atoms with Gasteiger partial charge in [-0.2, -0.15) is 0 Å². The molecule has 2 amide bonds. The van der Waals surface area contributed by atoms with E-state index < -0.39 is 0 Å². The molecule has 0 saturated carbocycles. The highest BCUT2D eigenvalue weighted by atomic mass is 79.9. The summed E-state index contributed by atoms with van der Waals surface area (Å²) in [4.78, 5) is 41.3. The van der Waals surface area contributed by atoms with Gasteiger partial charge in [0.05, 0.1) is 33.5 Å². The molecule has 0 bridgehead atoms. The van der Waals surface area contributed by atoms with Crippen LogP contribution in [-0.2, 0) is 0 Å². The number of carbonyl (C=O) groups excluding carboxylic acids is 2. The zero-order chi connectivity index (χ0) is 32.3. The largest absolute Gasteiger partial charge is 0.351 e. The second kappa shape index (κ2) is 13.7. The standard InChI is InChI=1S/C38H31Br2N5O2/c39-27-9-5-7-25(21-27)35-23-31(29-11-1-3-13-33(29)42-35)37(46)41-15-16-44-17-19-45(20-18-44)38(47)32-24-36(26-8-6-10-28(40)22-26)43-34-14-4-2-12-30(32)34/h1-14,21-24H,15-20H2,(H,41,46). The summed E-state index contributed by atoms with van der Waals surface area (Å²) in [6, 6.07) is 35.2. The molecule has 6 aromatic rings. The van der Waals surface area contributed by atoms with Gasteiger partial charge in [-0.25, -0.2) is 9.97 Å². The Balaban J connectivity index is 1.01. The number of hydrogen-bond acceptors (Lipinski definition) is 5. The molecule has 1 aliphatic heterocycles. The number of pyridine rings is 2. The Labute approximate surface area is 289 Å². The molecule has 1 aliphatic rings. The summed E-state index contributed by atoms with van der Waals surface area (Å²) in [6.07, 6.45) is 0. The second-order valence-corrected chi connectivity index (χ2v) is 13.4. The third kappa shape index (κ3) is 6.83. The Morgan fingerprint density at radius 1 is 0.638 bits per heavy atom. The van der Waals surface area contributed by atoms with Crippen LogP contribution in [0.5, 0.6) is 0 Å². The van der Waals surface area contributed by atoms with E-state index in [1.165, 1.54) is 0 Å². The molecule has 1 fully saturated rings. The highest BCUT2D eigenvalue weighted by Crippen LogP contribution is 2.29. The van der Waals surface area contributed by atoms with Crippen LogP contribution in [-0.4, -0.2) is 70.9 Å². The fourth-order valence-corrected chi connectivity index (χ4v) is 6.87. The molecule has 7 rings (SSSR count). The summed E-state index contributed by atoms with van der Waals surface area (Å²) in [5.41, 5.74) is 6.27. The fourth-order valence-electron chi connectivity index (χ4n) is 6.07. The molecule has 47 heavy (non-hydrogen) atoms. The first-order valence-corrected chi connectivity index (χ1v) is 17.1. The maximum Gasteiger partial charge on any atom is 0.254 e. The summed E-state index contributed by atoms with van der Waals surface area (Å²) in [7, 11) is 0. The second-order valence-electron chi connectivity index (χ2n) is 11.6. The molecule has 2 aromatic heterocycles. The Bertz CT molecular complexity index is 2130. The number of piperazine rings is 1. The molecular formula is C38H31Br2N5O2. The van der Waals surface area contributed by atoms with Crippen molar-refractivity contribution in [3.8, 4) is 22.5 Å². The van der Waals surface area contributed by atoms with Crippen LogP contribution in [0.3, 0.4) is 0 Å². The summed E-state index contributed by atoms with van der Waals surface area (Å²) < 4.78 is 1.92. The normalized spacial score (nSPS) is 13.6. The topological polar surface area (TPSA) is 78.4 Å². The van der Waals surface area contributed by atoms with Crippen molar-refractivity contribution in [3.05, 3.63) is 129 Å². The minimum Gasteiger partial charge on any atom is -0.351 e. The molecular weight excluding hydrogens is 718 g/mol. The van der Waals surface area contributed by atoms with Crippen molar-refractivity contribution in [3.63, 3.8) is 0 Å². The van der Waals surface area contributed by atoms with E-state index in [4.69, 9.17) is 9.97 Å². The Morgan fingerprint density at radius 2 is 1.17 bits per heavy atom. The van der Waals surface area contributed by atoms with Crippen molar-refractivity contribution < 1.29 is 9.59 Å². The van der Waals surface area contributed by atoms with E-state index in [0.29, 0.717) is 37.3 Å². The number of benzene rings is 4. The number of para-hydroxylation sites is 2. The SMILES string of the molecule is O=C(NCCN1CCN(C(=O)c2cc(-c3cccc(Br)c3)nc3ccccc23)CC1)c1cc(-c2cccc(Br)c2)nc2ccccc12. The van der Waals surface area contributed by atoms with Gasteiger partial charge in [0.1, 0.15) is 0 Å². The van der Waals surface area contributed by atoms with Crippen molar-refractivity contribution in [1.82, 2.24) is 25.1 Å². The summed E-state index contributed by atoms with van der Waals surface area (Å²) in [5.74, 6) is -0.113. The monoisotopic (exact) mass is 747 g/mol. The zero-order valence-corrected chi connectivity index (χ0v) is 28.7. The summed E-state index contributed by atoms with van der Waals surface area (Å²) in [6.45, 7) is 3.88. The quantitative estimate of drug-likeness (QED) is 0.180. The first-order valence-electron chi connectivity index (χ1n) is 15.5. The molecule has 0 unspecified atom stereocenters. The molecule has 7 nitrogen and oxygen atoms in total. The summed E-state index contributed by atoms with van der Waals surface area (Å²) in [5, 5.41) is 4.80. The first-order chi connectivity index (χ1) is 22.9. The summed E-state index contributed by atoms with van der Waals surface area (Å²) >= 11 is 7.09. The van der Waals surface area contributed by atoms with Crippen LogP contribution in [0.2, 0.25) is 0 Å². The molecule has 3 heterocycles. The maximum absolute atomic E-state index is 13.9. The van der Waals surface area contributed by atoms with Crippen LogP contribution in [0.25, 0.3) is 44.3 Å². The number of hydrogen-bond donors (Lipinski definition) is 1. The lowest BCUT2D eigenvalue weighted by Crippen LogP contribution is -2.50. The van der Waals surface area contributed by atoms with Gasteiger partial charge in [-0.1, -0.05) is 92.5 Å². The van der Waals surface area contributed by atoms with Crippen LogP contribution >= 0.6 is 31.9 Å². The number of rotatable bonds is 7. The zero-order valence-electron chi connectivity index (χ0n) is 25.5. The van der Waals surface area contributed by atoms with E-state index in [2.05, 4.69) is 42.1 Å². The van der Waals surface area contributed by atoms with Crippen LogP contribution in [0.15, 0.2) is 118 Å². The van der Waals surface area contributed by atoms with Crippen molar-refractivity contribution in [2.45, 2.75) is 0 Å². The average molecular weight is 750 g/mol. The predicted molar refractivity (Wildman–Crippen MR) is 194 cm³/mol. The molecule has 0 radical (unpaired) electrons. The average Bonchev–Trinajstić information content (AvgIpc) is 3.10. The lowest BCUT2D eigenvalue weighted by Gasteiger charge is -2.35. The number of carbonyl (C=O) groups is 2. The third-order valence-corrected chi connectivity index (χ3v) is 9.51. The predicted octanol–water partition coefficient (Wildman–Crippen LogP) is 7.83. The van der Waals surface area contributed by atoms with Crippen molar-refractivity contribution in [2.75, 3.05) is 39.3 Å². The Kier molecular flexibility index (Phi) is 9.11. The van der Waals surface area contributed by atoms with Gasteiger partial charge in [0.15, 0.2) is 0 Å². The van der Waals surface area contributed by atoms with E-state index >= 15 is 0 Å². The fraction of sp³-hybridized carbons (Fsp3) is 0.158. The number of nitrogens with zero attached hydrogens (tertiary/aromatic N) is 4. The van der Waals surface area contributed by atoms with Gasteiger partial charge in [0.2, 0.25) is 0 Å². The first kappa shape index (κ1) is 31.2. The minimum absolute atomic E-state index is 0.0126. The Hall–Kier alpha value is -4.44. The van der Waals surface area contributed by atoms with Crippen LogP contribution in [0.1, 0.15) is 20.7 Å². The van der Waals surface area contributed by atoms with Crippen molar-refractivity contribution >= 4 is 65.5 Å². The van der Waals surface area contributed by atoms with Gasteiger partial charge >= 0.3 is 0 Å². The van der Waals surface area contributed by atoms with Crippen LogP contribution in [0, 0.1) is 0 Å². The molecule has 4 aromatic carbocycles. The third-order valence-electron chi connectivity index (χ3n) is 8.52. The number of aromatic nitrogens is 2. The highest BCUT2D eigenvalue weighted by Gasteiger charge is 2.24. The number of fused-ring (bicyclic) bond motifs is 2. The van der Waals surface area contributed by atoms with Crippen molar-refractivity contribution in [2.24, 2.45) is 0 Å². The van der Waals surface area contributed by atoms with E-state index in [9.17, 15) is 9.59 Å². The highest BCUT2D eigenvalue weighted by molar-refractivity contribution is 9.10. The van der Waals surface area contributed by atoms with Gasteiger partial charge in [0.25, 0.3) is 11.8 Å². The lowest BCUT2D eigenvalue weighted by atomic mass is 10.0. The number of amides is 2. The van der Waals surface area contributed by atoms with Gasteiger partial charge in [0, 0.05) is 70.1 Å². The maximum atomic E-state index is 13.9. The molecule has 234 valence electrons. The van der Waals surface area contributed by atoms with Crippen LogP contribution in [0.4, 0.5) is 0 Å². The lowest BCUT2D eigenvalue weighted by molar-refractivity contribution is 0.0640. The molecule has 0 atom stereocenters. The minimum atomic E-state index is -0.125. The van der Waals surface area contributed by atoms with Gasteiger partial charge < -0.3 is 10.2 Å². The molecule has 0 spiro atoms.